The van der Waals surface area contributed by atoms with E-state index in [1.807, 2.05) is 18.7 Å². The molecule has 0 aromatic rings. The van der Waals surface area contributed by atoms with Crippen molar-refractivity contribution in [3.63, 3.8) is 0 Å². The second-order valence-corrected chi connectivity index (χ2v) is 6.15. The molecule has 0 aromatic carbocycles. The predicted molar refractivity (Wildman–Crippen MR) is 112 cm³/mol. The van der Waals surface area contributed by atoms with Gasteiger partial charge in [0.25, 0.3) is 0 Å². The summed E-state index contributed by atoms with van der Waals surface area (Å²) < 4.78 is 0. The van der Waals surface area contributed by atoms with E-state index in [2.05, 4.69) is 27.9 Å². The summed E-state index contributed by atoms with van der Waals surface area (Å²) in [5.41, 5.74) is 0. The summed E-state index contributed by atoms with van der Waals surface area (Å²) in [4.78, 5) is 29.7. The van der Waals surface area contributed by atoms with Crippen LogP contribution in [-0.2, 0) is 9.59 Å². The molecule has 1 atom stereocenters. The van der Waals surface area contributed by atoms with Crippen molar-refractivity contribution in [3.8, 4) is 0 Å². The van der Waals surface area contributed by atoms with Gasteiger partial charge in [0.15, 0.2) is 5.96 Å². The Kier molecular flexibility index (Phi) is 13.5. The van der Waals surface area contributed by atoms with Gasteiger partial charge in [-0.3, -0.25) is 14.6 Å². The Labute approximate surface area is 168 Å². The number of nitrogens with zero attached hydrogens (tertiary/aromatic N) is 2. The number of carbonyl (C=O) groups excluding carboxylic acids is 2. The van der Waals surface area contributed by atoms with Gasteiger partial charge in [-0.1, -0.05) is 6.92 Å². The van der Waals surface area contributed by atoms with Crippen molar-refractivity contribution < 1.29 is 9.59 Å². The number of amides is 2. The van der Waals surface area contributed by atoms with Crippen LogP contribution < -0.4 is 16.0 Å². The number of likely N-dealkylation sites (tertiary alicyclic amines) is 1. The summed E-state index contributed by atoms with van der Waals surface area (Å²) in [5.74, 6) is 1.04. The smallest absolute Gasteiger partial charge is 0.222 e. The third-order valence-corrected chi connectivity index (χ3v) is 4.04. The Morgan fingerprint density at radius 3 is 2.68 bits per heavy atom. The molecule has 0 bridgehead atoms. The van der Waals surface area contributed by atoms with Crippen molar-refractivity contribution >= 4 is 41.8 Å². The van der Waals surface area contributed by atoms with E-state index in [0.29, 0.717) is 25.9 Å². The van der Waals surface area contributed by atoms with Gasteiger partial charge < -0.3 is 20.9 Å². The third kappa shape index (κ3) is 10.5. The van der Waals surface area contributed by atoms with Crippen molar-refractivity contribution in [2.24, 2.45) is 4.99 Å². The Balaban J connectivity index is 0.00000576. The van der Waals surface area contributed by atoms with Crippen LogP contribution >= 0.6 is 24.0 Å². The quantitative estimate of drug-likeness (QED) is 0.197. The Morgan fingerprint density at radius 2 is 2.08 bits per heavy atom. The maximum absolute atomic E-state index is 11.7. The number of carbonyl (C=O) groups is 2. The van der Waals surface area contributed by atoms with Crippen molar-refractivity contribution in [3.05, 3.63) is 0 Å². The van der Waals surface area contributed by atoms with E-state index in [4.69, 9.17) is 0 Å². The molecule has 1 fully saturated rings. The molecule has 1 unspecified atom stereocenters. The highest BCUT2D eigenvalue weighted by Gasteiger charge is 2.18. The molecule has 1 aliphatic rings. The van der Waals surface area contributed by atoms with Crippen LogP contribution in [-0.4, -0.2) is 61.4 Å². The van der Waals surface area contributed by atoms with Crippen LogP contribution in [0.15, 0.2) is 4.99 Å². The number of nitrogens with one attached hydrogen (secondary N) is 3. The van der Waals surface area contributed by atoms with Crippen LogP contribution in [0.5, 0.6) is 0 Å². The van der Waals surface area contributed by atoms with Crippen LogP contribution in [0, 0.1) is 0 Å². The van der Waals surface area contributed by atoms with E-state index in [1.54, 1.807) is 0 Å². The predicted octanol–water partition coefficient (Wildman–Crippen LogP) is 1.48. The van der Waals surface area contributed by atoms with Crippen LogP contribution in [0.1, 0.15) is 52.9 Å². The molecule has 3 N–H and O–H groups in total. The monoisotopic (exact) mass is 467 g/mol. The average Bonchev–Trinajstić information content (AvgIpc) is 2.96. The summed E-state index contributed by atoms with van der Waals surface area (Å²) >= 11 is 0. The van der Waals surface area contributed by atoms with Crippen molar-refractivity contribution in [2.45, 2.75) is 58.9 Å². The first-order chi connectivity index (χ1) is 11.6. The summed E-state index contributed by atoms with van der Waals surface area (Å²) in [6.45, 7) is 9.71. The highest BCUT2D eigenvalue weighted by molar-refractivity contribution is 14.0. The highest BCUT2D eigenvalue weighted by atomic mass is 127. The number of rotatable bonds is 10. The number of hydrogen-bond donors (Lipinski definition) is 3. The SMILES string of the molecule is CCNC(=NCCCN1CCCC1=O)NCCC(=O)NC(C)CC.I. The minimum atomic E-state index is 0. The maximum Gasteiger partial charge on any atom is 0.222 e. The molecule has 7 nitrogen and oxygen atoms in total. The highest BCUT2D eigenvalue weighted by Crippen LogP contribution is 2.09. The Hall–Kier alpha value is -1.06. The van der Waals surface area contributed by atoms with E-state index in [1.165, 1.54) is 0 Å². The Bertz CT molecular complexity index is 431. The lowest BCUT2D eigenvalue weighted by molar-refractivity contribution is -0.127. The fourth-order valence-corrected chi connectivity index (χ4v) is 2.48. The van der Waals surface area contributed by atoms with E-state index in [0.717, 1.165) is 44.9 Å². The minimum absolute atomic E-state index is 0. The molecule has 0 aromatic heterocycles. The van der Waals surface area contributed by atoms with Gasteiger partial charge in [0.1, 0.15) is 0 Å². The fourth-order valence-electron chi connectivity index (χ4n) is 2.48. The zero-order chi connectivity index (χ0) is 17.8. The van der Waals surface area contributed by atoms with Crippen molar-refractivity contribution in [2.75, 3.05) is 32.7 Å². The second kappa shape index (κ2) is 14.1. The average molecular weight is 467 g/mol. The first-order valence-electron chi connectivity index (χ1n) is 9.16. The van der Waals surface area contributed by atoms with Gasteiger partial charge in [0, 0.05) is 51.6 Å². The topological polar surface area (TPSA) is 85.8 Å². The molecule has 1 aliphatic heterocycles. The van der Waals surface area contributed by atoms with Gasteiger partial charge >= 0.3 is 0 Å². The van der Waals surface area contributed by atoms with Gasteiger partial charge in [0.2, 0.25) is 11.8 Å². The molecule has 1 heterocycles. The van der Waals surface area contributed by atoms with Crippen LogP contribution in [0.4, 0.5) is 0 Å². The summed E-state index contributed by atoms with van der Waals surface area (Å²) in [7, 11) is 0. The van der Waals surface area contributed by atoms with Crippen molar-refractivity contribution in [1.29, 1.82) is 0 Å². The van der Waals surface area contributed by atoms with Crippen LogP contribution in [0.3, 0.4) is 0 Å². The second-order valence-electron chi connectivity index (χ2n) is 6.15. The van der Waals surface area contributed by atoms with Gasteiger partial charge in [-0.05, 0) is 33.1 Å². The molecule has 0 saturated carbocycles. The lowest BCUT2D eigenvalue weighted by atomic mass is 10.2. The normalized spacial score (nSPS) is 15.6. The largest absolute Gasteiger partial charge is 0.357 e. The summed E-state index contributed by atoms with van der Waals surface area (Å²) in [5, 5.41) is 9.30. The van der Waals surface area contributed by atoms with E-state index >= 15 is 0 Å². The molecule has 0 radical (unpaired) electrons. The number of aliphatic imine (C=N–C) groups is 1. The molecular weight excluding hydrogens is 433 g/mol. The maximum atomic E-state index is 11.7. The zero-order valence-electron chi connectivity index (χ0n) is 15.8. The first kappa shape index (κ1) is 23.9. The Morgan fingerprint density at radius 1 is 1.32 bits per heavy atom. The summed E-state index contributed by atoms with van der Waals surface area (Å²) in [6, 6.07) is 0.215. The standard InChI is InChI=1S/C17H33N5O2.HI/c1-4-14(3)21-15(23)9-11-20-17(18-5-2)19-10-7-13-22-12-6-8-16(22)24;/h14H,4-13H2,1-3H3,(H,21,23)(H2,18,19,20);1H. The molecule has 146 valence electrons. The lowest BCUT2D eigenvalue weighted by Gasteiger charge is -2.15. The van der Waals surface area contributed by atoms with E-state index in [9.17, 15) is 9.59 Å². The van der Waals surface area contributed by atoms with Gasteiger partial charge in [0.05, 0.1) is 0 Å². The minimum Gasteiger partial charge on any atom is -0.357 e. The molecular formula is C17H34IN5O2. The van der Waals surface area contributed by atoms with Crippen LogP contribution in [0.2, 0.25) is 0 Å². The molecule has 8 heteroatoms. The number of halogens is 1. The van der Waals surface area contributed by atoms with Gasteiger partial charge in [-0.25, -0.2) is 0 Å². The van der Waals surface area contributed by atoms with Crippen molar-refractivity contribution in [1.82, 2.24) is 20.9 Å². The van der Waals surface area contributed by atoms with Gasteiger partial charge in [-0.2, -0.15) is 0 Å². The molecule has 0 spiro atoms. The number of hydrogen-bond acceptors (Lipinski definition) is 3. The van der Waals surface area contributed by atoms with Crippen LogP contribution in [0.25, 0.3) is 0 Å². The molecule has 25 heavy (non-hydrogen) atoms. The molecule has 2 amide bonds. The fraction of sp³-hybridized carbons (Fsp3) is 0.824. The van der Waals surface area contributed by atoms with Gasteiger partial charge in [-0.15, -0.1) is 24.0 Å². The first-order valence-corrected chi connectivity index (χ1v) is 9.16. The molecule has 1 saturated heterocycles. The third-order valence-electron chi connectivity index (χ3n) is 4.04. The van der Waals surface area contributed by atoms with E-state index in [-0.39, 0.29) is 41.8 Å². The lowest BCUT2D eigenvalue weighted by Crippen LogP contribution is -2.40. The molecule has 1 rings (SSSR count). The zero-order valence-corrected chi connectivity index (χ0v) is 18.1. The number of guanidine groups is 1. The molecule has 0 aliphatic carbocycles. The summed E-state index contributed by atoms with van der Waals surface area (Å²) in [6.07, 6.45) is 3.88. The van der Waals surface area contributed by atoms with E-state index < -0.39 is 0 Å².